The Bertz CT molecular complexity index is 2060. The van der Waals surface area contributed by atoms with Crippen molar-refractivity contribution in [1.82, 2.24) is 29.1 Å². The minimum absolute atomic E-state index is 0.0524. The van der Waals surface area contributed by atoms with E-state index < -0.39 is 17.3 Å². The summed E-state index contributed by atoms with van der Waals surface area (Å²) >= 11 is 1.30. The maximum atomic E-state index is 14.5. The highest BCUT2D eigenvalue weighted by molar-refractivity contribution is 7.98. The first kappa shape index (κ1) is 38.9. The first-order valence-corrected chi connectivity index (χ1v) is 18.7. The zero-order valence-electron chi connectivity index (χ0n) is 30.1. The molecule has 14 heteroatoms. The summed E-state index contributed by atoms with van der Waals surface area (Å²) in [6.07, 6.45) is 2.64. The van der Waals surface area contributed by atoms with Crippen LogP contribution in [-0.2, 0) is 48.0 Å². The van der Waals surface area contributed by atoms with Gasteiger partial charge in [0.05, 0.1) is 18.4 Å². The Morgan fingerprint density at radius 2 is 1.57 bits per heavy atom. The number of rotatable bonds is 14. The molecule has 1 aliphatic rings. The highest BCUT2D eigenvalue weighted by atomic mass is 32.2. The minimum atomic E-state index is -4.41. The number of alkyl halides is 3. The van der Waals surface area contributed by atoms with E-state index in [9.17, 15) is 27.2 Å². The number of benzene rings is 3. The minimum Gasteiger partial charge on any atom is -0.383 e. The van der Waals surface area contributed by atoms with Crippen molar-refractivity contribution in [3.8, 4) is 11.1 Å². The van der Waals surface area contributed by atoms with Crippen LogP contribution in [0, 0.1) is 5.82 Å². The summed E-state index contributed by atoms with van der Waals surface area (Å²) in [5.41, 5.74) is 3.31. The lowest BCUT2D eigenvalue weighted by Crippen LogP contribution is -2.48. The number of methoxy groups -OCH3 is 1. The van der Waals surface area contributed by atoms with E-state index in [0.29, 0.717) is 41.6 Å². The molecule has 9 nitrogen and oxygen atoms in total. The molecule has 1 amide bonds. The number of hydrogen-bond donors (Lipinski definition) is 0. The largest absolute Gasteiger partial charge is 0.416 e. The fourth-order valence-corrected chi connectivity index (χ4v) is 7.48. The number of carbonyl (C=O) groups is 1. The average molecular weight is 763 g/mol. The molecule has 0 spiro atoms. The Balaban J connectivity index is 1.26. The molecular formula is C40H42F4N6O3S. The van der Waals surface area contributed by atoms with Crippen molar-refractivity contribution in [2.45, 2.75) is 55.5 Å². The van der Waals surface area contributed by atoms with Crippen LogP contribution in [-0.4, -0.2) is 74.4 Å². The Morgan fingerprint density at radius 3 is 2.19 bits per heavy atom. The van der Waals surface area contributed by atoms with E-state index in [1.54, 1.807) is 47.9 Å². The van der Waals surface area contributed by atoms with Crippen molar-refractivity contribution in [2.75, 3.05) is 33.4 Å². The van der Waals surface area contributed by atoms with E-state index in [-0.39, 0.29) is 24.3 Å². The molecule has 2 aromatic heterocycles. The predicted molar refractivity (Wildman–Crippen MR) is 199 cm³/mol. The zero-order chi connectivity index (χ0) is 38.2. The van der Waals surface area contributed by atoms with Gasteiger partial charge in [0.2, 0.25) is 5.91 Å². The van der Waals surface area contributed by atoms with Gasteiger partial charge in [-0.2, -0.15) is 23.3 Å². The fourth-order valence-electron chi connectivity index (χ4n) is 6.57. The molecule has 5 aromatic rings. The van der Waals surface area contributed by atoms with Gasteiger partial charge in [0.15, 0.2) is 5.16 Å². The van der Waals surface area contributed by atoms with Gasteiger partial charge in [-0.3, -0.25) is 14.3 Å². The summed E-state index contributed by atoms with van der Waals surface area (Å²) < 4.78 is 61.6. The SMILES string of the molecule is COCCN1CCC(N(Cc2ccc(-c3ccc(C(F)(F)F)cc3)cc2)C(=O)Cn2cc(Cc3cnn(C)c3)c(=O)nc2SCc2ccc(F)cc2)CC1. The van der Waals surface area contributed by atoms with Gasteiger partial charge in [0.1, 0.15) is 12.4 Å². The summed E-state index contributed by atoms with van der Waals surface area (Å²) in [6.45, 7) is 3.30. The summed E-state index contributed by atoms with van der Waals surface area (Å²) in [5, 5.41) is 4.59. The van der Waals surface area contributed by atoms with Crippen LogP contribution < -0.4 is 5.56 Å². The second-order valence-corrected chi connectivity index (χ2v) is 14.4. The maximum Gasteiger partial charge on any atom is 0.416 e. The van der Waals surface area contributed by atoms with Gasteiger partial charge < -0.3 is 19.1 Å². The Hall–Kier alpha value is -4.79. The lowest BCUT2D eigenvalue weighted by Gasteiger charge is -2.39. The Morgan fingerprint density at radius 1 is 0.926 bits per heavy atom. The van der Waals surface area contributed by atoms with Gasteiger partial charge >= 0.3 is 6.18 Å². The molecule has 3 heterocycles. The maximum absolute atomic E-state index is 14.5. The van der Waals surface area contributed by atoms with Crippen LogP contribution in [0.3, 0.4) is 0 Å². The molecule has 1 saturated heterocycles. The van der Waals surface area contributed by atoms with Crippen molar-refractivity contribution in [3.63, 3.8) is 0 Å². The van der Waals surface area contributed by atoms with Gasteiger partial charge in [0, 0.05) is 76.5 Å². The van der Waals surface area contributed by atoms with Crippen LogP contribution in [0.5, 0.6) is 0 Å². The molecule has 0 unspecified atom stereocenters. The first-order chi connectivity index (χ1) is 25.9. The van der Waals surface area contributed by atoms with Crippen LogP contribution in [0.25, 0.3) is 11.1 Å². The fraction of sp³-hybridized carbons (Fsp3) is 0.350. The number of likely N-dealkylation sites (tertiary alicyclic amines) is 1. The van der Waals surface area contributed by atoms with Crippen molar-refractivity contribution in [1.29, 1.82) is 0 Å². The average Bonchev–Trinajstić information content (AvgIpc) is 3.58. The van der Waals surface area contributed by atoms with Crippen LogP contribution in [0.2, 0.25) is 0 Å². The molecule has 0 aliphatic carbocycles. The highest BCUT2D eigenvalue weighted by Crippen LogP contribution is 2.31. The molecule has 0 saturated carbocycles. The van der Waals surface area contributed by atoms with Crippen LogP contribution in [0.4, 0.5) is 17.6 Å². The molecule has 0 N–H and O–H groups in total. The summed E-state index contributed by atoms with van der Waals surface area (Å²) in [5.74, 6) is -0.0702. The third kappa shape index (κ3) is 10.2. The topological polar surface area (TPSA) is 85.5 Å². The number of thioether (sulfide) groups is 1. The molecule has 1 fully saturated rings. The van der Waals surface area contributed by atoms with Crippen LogP contribution in [0.1, 0.15) is 40.7 Å². The number of piperidine rings is 1. The summed E-state index contributed by atoms with van der Waals surface area (Å²) in [7, 11) is 3.48. The van der Waals surface area contributed by atoms with Crippen molar-refractivity contribution < 1.29 is 27.1 Å². The van der Waals surface area contributed by atoms with Crippen molar-refractivity contribution >= 4 is 17.7 Å². The second-order valence-electron chi connectivity index (χ2n) is 13.5. The van der Waals surface area contributed by atoms with E-state index in [2.05, 4.69) is 15.0 Å². The zero-order valence-corrected chi connectivity index (χ0v) is 31.0. The summed E-state index contributed by atoms with van der Waals surface area (Å²) in [4.78, 5) is 36.4. The second kappa shape index (κ2) is 17.6. The highest BCUT2D eigenvalue weighted by Gasteiger charge is 2.31. The Kier molecular flexibility index (Phi) is 12.7. The lowest BCUT2D eigenvalue weighted by atomic mass is 10.00. The smallest absolute Gasteiger partial charge is 0.383 e. The van der Waals surface area contributed by atoms with E-state index >= 15 is 0 Å². The normalized spacial score (nSPS) is 14.0. The molecule has 6 rings (SSSR count). The molecule has 54 heavy (non-hydrogen) atoms. The van der Waals surface area contributed by atoms with Gasteiger partial charge in [-0.05, 0) is 64.9 Å². The number of aromatic nitrogens is 4. The quantitative estimate of drug-likeness (QED) is 0.0698. The number of aryl methyl sites for hydroxylation is 1. The van der Waals surface area contributed by atoms with Crippen molar-refractivity contribution in [3.05, 3.63) is 135 Å². The number of hydrogen-bond acceptors (Lipinski definition) is 7. The number of amides is 1. The number of ether oxygens (including phenoxy) is 1. The van der Waals surface area contributed by atoms with E-state index in [1.807, 2.05) is 35.4 Å². The summed E-state index contributed by atoms with van der Waals surface area (Å²) in [6, 6.07) is 18.6. The van der Waals surface area contributed by atoms with Gasteiger partial charge in [0.25, 0.3) is 5.56 Å². The van der Waals surface area contributed by atoms with Gasteiger partial charge in [-0.15, -0.1) is 0 Å². The van der Waals surface area contributed by atoms with Crippen LogP contribution >= 0.6 is 11.8 Å². The Labute approximate surface area is 315 Å². The molecule has 0 atom stereocenters. The van der Waals surface area contributed by atoms with E-state index in [0.717, 1.165) is 66.9 Å². The first-order valence-electron chi connectivity index (χ1n) is 17.7. The molecule has 3 aromatic carbocycles. The van der Waals surface area contributed by atoms with E-state index in [4.69, 9.17) is 4.74 Å². The number of nitrogens with zero attached hydrogens (tertiary/aromatic N) is 6. The molecule has 0 bridgehead atoms. The van der Waals surface area contributed by atoms with Gasteiger partial charge in [-0.1, -0.05) is 60.3 Å². The van der Waals surface area contributed by atoms with Crippen molar-refractivity contribution in [2.24, 2.45) is 7.05 Å². The number of carbonyl (C=O) groups excluding carboxylic acids is 1. The molecular weight excluding hydrogens is 721 g/mol. The molecule has 284 valence electrons. The third-order valence-corrected chi connectivity index (χ3v) is 10.6. The van der Waals surface area contributed by atoms with Crippen LogP contribution in [0.15, 0.2) is 101 Å². The lowest BCUT2D eigenvalue weighted by molar-refractivity contribution is -0.138. The monoisotopic (exact) mass is 762 g/mol. The standard InChI is InChI=1S/C40H42F4N6O3S/c1-47-23-30(22-45-47)21-33-25-49(39(46-38(33)52)54-27-29-5-13-35(41)14-6-29)26-37(51)50(36-15-17-48(18-16-36)19-20-53-2)24-28-3-7-31(8-4-28)32-9-11-34(12-10-32)40(42,43)44/h3-14,22-23,25,36H,15-21,24,26-27H2,1-2H3. The molecule has 0 radical (unpaired) electrons. The third-order valence-electron chi connectivity index (χ3n) is 9.55. The predicted octanol–water partition coefficient (Wildman–Crippen LogP) is 6.82. The van der Waals surface area contributed by atoms with Gasteiger partial charge in [-0.25, -0.2) is 4.39 Å². The molecule has 1 aliphatic heterocycles. The van der Waals surface area contributed by atoms with E-state index in [1.165, 1.54) is 36.0 Å². The number of halogens is 4.